The minimum Gasteiger partial charge on any atom is -0.508 e. The fourth-order valence-electron chi connectivity index (χ4n) is 22.1. The van der Waals surface area contributed by atoms with E-state index >= 15 is 0 Å². The lowest BCUT2D eigenvalue weighted by Crippen LogP contribution is -2.46. The molecule has 0 aromatic heterocycles. The average Bonchev–Trinajstić information content (AvgIpc) is 1.63. The van der Waals surface area contributed by atoms with Crippen molar-refractivity contribution in [1.29, 1.82) is 0 Å². The summed E-state index contributed by atoms with van der Waals surface area (Å²) in [6.07, 6.45) is 18.9. The molecule has 14 unspecified atom stereocenters. The number of carbonyl (C=O) groups excluding carboxylic acids is 12. The van der Waals surface area contributed by atoms with Crippen LogP contribution in [0.25, 0.3) is 0 Å². The number of ketones is 2. The van der Waals surface area contributed by atoms with Crippen LogP contribution in [0.3, 0.4) is 0 Å². The number of Topliss-reactive ketones (excluding diaryl/α,β-unsaturated/α-hetero) is 2. The normalized spacial score (nSPS) is 20.4. The summed E-state index contributed by atoms with van der Waals surface area (Å²) in [5.41, 5.74) is 19.2. The molecule has 0 bridgehead atoms. The zero-order valence-corrected chi connectivity index (χ0v) is 85.1. The van der Waals surface area contributed by atoms with Crippen molar-refractivity contribution in [2.75, 3.05) is 52.4 Å². The molecule has 0 aliphatic heterocycles. The lowest BCUT2D eigenvalue weighted by Gasteiger charge is -2.50. The zero-order chi connectivity index (χ0) is 104. The maximum absolute atomic E-state index is 13.8. The fraction of sp³-hybridized carbons (Fsp3) is 0.522. The number of ether oxygens (including phenoxy) is 5. The first-order chi connectivity index (χ1) is 70.1. The largest absolute Gasteiger partial charge is 0.514 e. The molecule has 0 radical (unpaired) electrons. The van der Waals surface area contributed by atoms with E-state index in [1.807, 2.05) is 103 Å². The van der Waals surface area contributed by atoms with Crippen LogP contribution in [0.5, 0.6) is 17.2 Å². The van der Waals surface area contributed by atoms with Gasteiger partial charge in [0, 0.05) is 130 Å². The number of nitro groups is 1. The van der Waals surface area contributed by atoms with Gasteiger partial charge in [-0.1, -0.05) is 187 Å². The van der Waals surface area contributed by atoms with E-state index in [-0.39, 0.29) is 160 Å². The highest BCUT2D eigenvalue weighted by atomic mass is 35.5. The Morgan fingerprint density at radius 3 is 1.47 bits per heavy atom. The van der Waals surface area contributed by atoms with Crippen LogP contribution in [-0.2, 0) is 84.9 Å². The van der Waals surface area contributed by atoms with Crippen molar-refractivity contribution in [2.45, 2.75) is 276 Å². The van der Waals surface area contributed by atoms with Gasteiger partial charge in [-0.3, -0.25) is 48.5 Å². The van der Waals surface area contributed by atoms with E-state index in [0.717, 1.165) is 127 Å². The van der Waals surface area contributed by atoms with Crippen molar-refractivity contribution in [3.05, 3.63) is 236 Å². The number of rotatable bonds is 50. The number of amides is 8. The van der Waals surface area contributed by atoms with E-state index in [1.54, 1.807) is 36.4 Å². The molecule has 145 heavy (non-hydrogen) atoms. The van der Waals surface area contributed by atoms with Crippen LogP contribution in [0.1, 0.15) is 269 Å². The molecule has 782 valence electrons. The highest BCUT2D eigenvalue weighted by molar-refractivity contribution is 6.31. The van der Waals surface area contributed by atoms with E-state index in [0.29, 0.717) is 128 Å². The third-order valence-corrected chi connectivity index (χ3v) is 30.3. The van der Waals surface area contributed by atoms with Crippen molar-refractivity contribution in [3.8, 4) is 17.2 Å². The molecule has 8 amide bonds. The van der Waals surface area contributed by atoms with Gasteiger partial charge in [-0.15, -0.1) is 0 Å². The van der Waals surface area contributed by atoms with Gasteiger partial charge in [-0.2, -0.15) is 0 Å². The first kappa shape index (κ1) is 113. The Bertz CT molecular complexity index is 5430. The Hall–Kier alpha value is -12.6. The van der Waals surface area contributed by atoms with Crippen molar-refractivity contribution in [3.63, 3.8) is 0 Å². The molecule has 7 aromatic rings. The molecule has 6 aliphatic rings. The summed E-state index contributed by atoms with van der Waals surface area (Å²) in [6.45, 7) is 11.5. The number of hydrogen-bond acceptors (Lipinski definition) is 22. The third kappa shape index (κ3) is 34.3. The lowest BCUT2D eigenvalue weighted by molar-refractivity contribution is -0.384. The number of esters is 1. The lowest BCUT2D eigenvalue weighted by atomic mass is 9.55. The van der Waals surface area contributed by atoms with Gasteiger partial charge in [0.1, 0.15) is 36.1 Å². The maximum atomic E-state index is 13.8. The minimum atomic E-state index is -0.864. The molecule has 32 heteroatoms. The summed E-state index contributed by atoms with van der Waals surface area (Å²) in [7, 11) is 0. The van der Waals surface area contributed by atoms with Gasteiger partial charge in [0.2, 0.25) is 35.4 Å². The molecule has 7 aromatic carbocycles. The quantitative estimate of drug-likeness (QED) is 0.00321. The number of phenolic OH excluding ortho intramolecular Hbond substituents is 1. The van der Waals surface area contributed by atoms with E-state index in [2.05, 4.69) is 82.4 Å². The number of nitrogens with one attached hydrogen (secondary N) is 8. The fourth-order valence-corrected chi connectivity index (χ4v) is 22.3. The number of unbranched alkanes of at least 4 members (excludes halogenated alkanes) is 6. The second kappa shape index (κ2) is 57.9. The Morgan fingerprint density at radius 2 is 0.938 bits per heavy atom. The summed E-state index contributed by atoms with van der Waals surface area (Å²) in [6, 6.07) is 50.4. The molecule has 4 saturated carbocycles. The molecular weight excluding hydrogens is 1870 g/mol. The number of hydrogen-bond donors (Lipinski definition) is 11. The van der Waals surface area contributed by atoms with E-state index < -0.39 is 59.0 Å². The number of halogens is 1. The van der Waals surface area contributed by atoms with Crippen LogP contribution >= 0.6 is 11.6 Å². The number of benzene rings is 7. The summed E-state index contributed by atoms with van der Waals surface area (Å²) in [4.78, 5) is 165. The number of nitrogens with two attached hydrogens (primary N) is 2. The smallest absolute Gasteiger partial charge is 0.508 e. The van der Waals surface area contributed by atoms with Gasteiger partial charge in [0.25, 0.3) is 5.69 Å². The minimum absolute atomic E-state index is 0.0237. The van der Waals surface area contributed by atoms with E-state index in [1.165, 1.54) is 46.5 Å². The number of nitro benzene ring substituents is 1. The average molecular weight is 2020 g/mol. The molecule has 0 spiro atoms. The topological polar surface area (TPSA) is 463 Å². The van der Waals surface area contributed by atoms with Crippen LogP contribution < -0.4 is 63.5 Å². The summed E-state index contributed by atoms with van der Waals surface area (Å²) < 4.78 is 28.2. The number of aryl methyl sites for hydroxylation is 2. The van der Waals surface area contributed by atoms with Crippen molar-refractivity contribution >= 4 is 88.6 Å². The number of non-ortho nitro benzene ring substituents is 1. The number of carbonyl (C=O) groups is 12. The monoisotopic (exact) mass is 2010 g/mol. The first-order valence-electron chi connectivity index (χ1n) is 52.2. The summed E-state index contributed by atoms with van der Waals surface area (Å²) >= 11 is 6.10. The first-order valence-corrected chi connectivity index (χ1v) is 52.6. The predicted octanol–water partition coefficient (Wildman–Crippen LogP) is 17.4. The van der Waals surface area contributed by atoms with Crippen LogP contribution in [0, 0.1) is 56.5 Å². The van der Waals surface area contributed by atoms with Crippen LogP contribution in [0.2, 0.25) is 5.02 Å². The standard InChI is InChI=1S/C46H67N5O7.C35H50ClN5O6.C32H31NO7/c1-3-4-10-25-48-42(54)20-21-43(55)51-39(28-31-11-6-5-7-12-31)40(53)30-33(13-8-9-24-47)44(56)49-26-27-50-45(57)58-41-19-18-38-37-16-14-32-29-34(52)15-17-35(32)36(37)22-23-46(38,41)2;1-2-3-10-20-38-32(43)17-18-33(44)41-30(23-26-12-5-4-6-13-26)31(42)24-27(34(45)39-22-19-37)14-9-11-21-40-35(46)47-25-28-15-7-8-16-29(28)36;1-32-18-17-26-25-14-12-24(38-30(34)20-5-3-2-4-6-20)19-21(25)7-13-27(26)28(32)15-16-29(32)40-31(35)39-23-10-8-22(9-11-23)33(36)37/h5-7,11-12,15,17,29,33,36-39,41,52H,3-4,8-10,13-14,16,18-28,30,47H2,1-2H3,(H,48,54)(H,49,56)(H,50,57)(H,51,55);4-8,12-13,15-16,27,30H,2-3,9-11,14,17-25,37H2,1H3,(H,38,43)(H,39,45)(H,40,46)(H,41,44);2-6,8-12,14,19,26-29H,7,13,15-18H2,1H3. The Morgan fingerprint density at radius 1 is 0.469 bits per heavy atom. The Balaban J connectivity index is 0.000000211. The zero-order valence-electron chi connectivity index (χ0n) is 84.3. The van der Waals surface area contributed by atoms with Crippen molar-refractivity contribution in [2.24, 2.45) is 57.8 Å². The molecule has 0 saturated heterocycles. The third-order valence-electron chi connectivity index (χ3n) is 29.9. The Kier molecular flexibility index (Phi) is 45.0. The van der Waals surface area contributed by atoms with Gasteiger partial charge in [0.05, 0.1) is 22.6 Å². The molecule has 14 atom stereocenters. The van der Waals surface area contributed by atoms with Gasteiger partial charge >= 0.3 is 24.3 Å². The molecule has 0 heterocycles. The van der Waals surface area contributed by atoms with Gasteiger partial charge in [0.15, 0.2) is 11.6 Å². The van der Waals surface area contributed by atoms with Gasteiger partial charge < -0.3 is 82.8 Å². The summed E-state index contributed by atoms with van der Waals surface area (Å²) in [5, 5.41) is 43.9. The highest BCUT2D eigenvalue weighted by Crippen LogP contribution is 2.63. The number of phenols is 1. The number of nitrogens with zero attached hydrogens (tertiary/aromatic N) is 1. The number of fused-ring (bicyclic) bond motifs is 10. The van der Waals surface area contributed by atoms with Crippen LogP contribution in [0.15, 0.2) is 176 Å². The molecule has 4 fully saturated rings. The van der Waals surface area contributed by atoms with E-state index in [4.69, 9.17) is 46.8 Å². The predicted molar refractivity (Wildman–Crippen MR) is 553 cm³/mol. The SMILES string of the molecule is CC12CCC3c4ccc(OC(=O)c5ccccc5)cc4CCC3C1CCC2OC(=O)Oc1ccc([N+](=O)[O-])cc1.CCCCCNC(=O)CCC(=O)NC(Cc1ccccc1)C(=O)CC(CCCCN)C(=O)NCCNC(=O)OC1CCC2C3CCc4cc(O)ccc4C3CCC12C.CCCCCNC(=O)CCC(=O)NC(Cc1ccccc1)C(=O)CC(CCCCNC(=O)OCc1ccccc1Cl)C(=O)NCCN. The number of aromatic hydroxyl groups is 1. The molecule has 31 nitrogen and oxygen atoms in total. The number of alkyl carbamates (subject to hydrolysis) is 2. The van der Waals surface area contributed by atoms with Gasteiger partial charge in [-0.05, 0) is 258 Å². The highest BCUT2D eigenvalue weighted by Gasteiger charge is 2.58. The van der Waals surface area contributed by atoms with E-state index in [9.17, 15) is 72.8 Å². The molecule has 13 rings (SSSR count). The second-order valence-electron chi connectivity index (χ2n) is 39.8. The Labute approximate surface area is 856 Å². The molecular formula is C113H148ClN11O20. The summed E-state index contributed by atoms with van der Waals surface area (Å²) in [5.74, 6) is 0.0176. The second-order valence-corrected chi connectivity index (χ2v) is 40.2. The van der Waals surface area contributed by atoms with Crippen molar-refractivity contribution in [1.82, 2.24) is 42.5 Å². The van der Waals surface area contributed by atoms with Crippen LogP contribution in [-0.4, -0.2) is 158 Å². The molecule has 6 aliphatic carbocycles. The maximum Gasteiger partial charge on any atom is 0.514 e. The van der Waals surface area contributed by atoms with Gasteiger partial charge in [-0.25, -0.2) is 19.2 Å². The van der Waals surface area contributed by atoms with Crippen molar-refractivity contribution < 1.29 is 91.2 Å². The molecule has 13 N–H and O–H groups in total. The van der Waals surface area contributed by atoms with Crippen LogP contribution in [0.4, 0.5) is 20.1 Å².